The Kier molecular flexibility index (Phi) is 4.77. The predicted molar refractivity (Wildman–Crippen MR) is 59.1 cm³/mol. The Morgan fingerprint density at radius 1 is 1.19 bits per heavy atom. The number of carboxylic acid groups (broad SMARTS) is 2. The Balaban J connectivity index is 2.61. The van der Waals surface area contributed by atoms with Crippen molar-refractivity contribution in [3.63, 3.8) is 0 Å². The maximum atomic E-state index is 11.1. The minimum Gasteiger partial charge on any atom is -0.481 e. The average molecular weight is 228 g/mol. The lowest BCUT2D eigenvalue weighted by Gasteiger charge is -2.32. The van der Waals surface area contributed by atoms with E-state index in [4.69, 9.17) is 10.2 Å². The summed E-state index contributed by atoms with van der Waals surface area (Å²) in [5.41, 5.74) is 0. The van der Waals surface area contributed by atoms with Gasteiger partial charge in [-0.25, -0.2) is 0 Å². The van der Waals surface area contributed by atoms with Crippen molar-refractivity contribution in [2.24, 2.45) is 17.8 Å². The zero-order valence-electron chi connectivity index (χ0n) is 9.69. The molecule has 0 aromatic rings. The zero-order chi connectivity index (χ0) is 12.1. The Morgan fingerprint density at radius 2 is 1.88 bits per heavy atom. The molecule has 4 heteroatoms. The highest BCUT2D eigenvalue weighted by atomic mass is 16.4. The first-order chi connectivity index (χ1) is 7.56. The van der Waals surface area contributed by atoms with Crippen molar-refractivity contribution in [2.45, 2.75) is 45.4 Å². The van der Waals surface area contributed by atoms with Crippen molar-refractivity contribution in [1.29, 1.82) is 0 Å². The maximum absolute atomic E-state index is 11.1. The van der Waals surface area contributed by atoms with Gasteiger partial charge in [0.2, 0.25) is 0 Å². The lowest BCUT2D eigenvalue weighted by molar-refractivity contribution is -0.151. The molecule has 92 valence electrons. The third-order valence-electron chi connectivity index (χ3n) is 3.58. The van der Waals surface area contributed by atoms with Crippen LogP contribution in [0.1, 0.15) is 45.4 Å². The van der Waals surface area contributed by atoms with E-state index in [0.717, 1.165) is 19.3 Å². The van der Waals surface area contributed by atoms with Gasteiger partial charge in [-0.05, 0) is 31.6 Å². The van der Waals surface area contributed by atoms with Gasteiger partial charge in [-0.15, -0.1) is 0 Å². The molecule has 0 aromatic heterocycles. The second kappa shape index (κ2) is 5.87. The van der Waals surface area contributed by atoms with E-state index >= 15 is 0 Å². The molecular weight excluding hydrogens is 208 g/mol. The summed E-state index contributed by atoms with van der Waals surface area (Å²) in [7, 11) is 0. The summed E-state index contributed by atoms with van der Waals surface area (Å²) >= 11 is 0. The van der Waals surface area contributed by atoms with E-state index in [1.807, 2.05) is 0 Å². The average Bonchev–Trinajstić information content (AvgIpc) is 2.25. The molecule has 0 amide bonds. The van der Waals surface area contributed by atoms with Crippen molar-refractivity contribution >= 4 is 11.9 Å². The lowest BCUT2D eigenvalue weighted by atomic mass is 9.72. The number of carboxylic acids is 2. The fraction of sp³-hybridized carbons (Fsp3) is 0.833. The Hall–Kier alpha value is -1.06. The summed E-state index contributed by atoms with van der Waals surface area (Å²) in [6.45, 7) is 2.06. The topological polar surface area (TPSA) is 74.6 Å². The normalized spacial score (nSPS) is 29.9. The van der Waals surface area contributed by atoms with Crippen LogP contribution in [0.3, 0.4) is 0 Å². The first kappa shape index (κ1) is 13.0. The van der Waals surface area contributed by atoms with Gasteiger partial charge in [0.25, 0.3) is 0 Å². The van der Waals surface area contributed by atoms with E-state index in [1.54, 1.807) is 0 Å². The molecule has 0 heterocycles. The van der Waals surface area contributed by atoms with Gasteiger partial charge < -0.3 is 10.2 Å². The van der Waals surface area contributed by atoms with Gasteiger partial charge in [-0.2, -0.15) is 0 Å². The molecule has 4 nitrogen and oxygen atoms in total. The molecule has 0 aliphatic heterocycles. The van der Waals surface area contributed by atoms with Crippen LogP contribution < -0.4 is 0 Å². The van der Waals surface area contributed by atoms with Crippen LogP contribution in [0, 0.1) is 17.8 Å². The predicted octanol–water partition coefficient (Wildman–Crippen LogP) is 2.38. The number of carbonyl (C=O) groups is 2. The van der Waals surface area contributed by atoms with Crippen LogP contribution in [-0.4, -0.2) is 22.2 Å². The molecule has 0 radical (unpaired) electrons. The summed E-state index contributed by atoms with van der Waals surface area (Å²) < 4.78 is 0. The number of aliphatic carboxylic acids is 2. The Bertz CT molecular complexity index is 262. The van der Waals surface area contributed by atoms with Crippen LogP contribution in [0.4, 0.5) is 0 Å². The van der Waals surface area contributed by atoms with Gasteiger partial charge in [-0.1, -0.05) is 19.8 Å². The highest BCUT2D eigenvalue weighted by Crippen LogP contribution is 2.37. The van der Waals surface area contributed by atoms with E-state index in [1.165, 1.54) is 0 Å². The van der Waals surface area contributed by atoms with Crippen LogP contribution in [0.5, 0.6) is 0 Å². The second-order valence-electron chi connectivity index (χ2n) is 4.70. The molecular formula is C12H20O4. The van der Waals surface area contributed by atoms with Crippen molar-refractivity contribution in [1.82, 2.24) is 0 Å². The lowest BCUT2D eigenvalue weighted by Crippen LogP contribution is -2.33. The van der Waals surface area contributed by atoms with E-state index < -0.39 is 11.9 Å². The monoisotopic (exact) mass is 228 g/mol. The van der Waals surface area contributed by atoms with Gasteiger partial charge in [0.1, 0.15) is 0 Å². The molecule has 0 spiro atoms. The van der Waals surface area contributed by atoms with Crippen LogP contribution in [0.2, 0.25) is 0 Å². The van der Waals surface area contributed by atoms with E-state index in [-0.39, 0.29) is 17.8 Å². The highest BCUT2D eigenvalue weighted by Gasteiger charge is 2.36. The molecule has 0 aromatic carbocycles. The first-order valence-electron chi connectivity index (χ1n) is 6.01. The molecule has 1 fully saturated rings. The minimum absolute atomic E-state index is 0.0484. The third-order valence-corrected chi connectivity index (χ3v) is 3.58. The fourth-order valence-corrected chi connectivity index (χ4v) is 2.60. The van der Waals surface area contributed by atoms with Crippen molar-refractivity contribution in [2.75, 3.05) is 0 Å². The largest absolute Gasteiger partial charge is 0.481 e. The third kappa shape index (κ3) is 3.22. The van der Waals surface area contributed by atoms with Crippen LogP contribution >= 0.6 is 0 Å². The van der Waals surface area contributed by atoms with Gasteiger partial charge in [0.05, 0.1) is 11.8 Å². The van der Waals surface area contributed by atoms with Crippen molar-refractivity contribution < 1.29 is 19.8 Å². The summed E-state index contributed by atoms with van der Waals surface area (Å²) in [6, 6.07) is 0. The minimum atomic E-state index is -0.773. The van der Waals surface area contributed by atoms with E-state index in [0.29, 0.717) is 19.3 Å². The molecule has 1 aliphatic carbocycles. The SMILES string of the molecule is CCCCC1CC(C(=O)O)CCC1C(=O)O. The number of hydrogen-bond donors (Lipinski definition) is 2. The van der Waals surface area contributed by atoms with Crippen molar-refractivity contribution in [3.05, 3.63) is 0 Å². The number of hydrogen-bond acceptors (Lipinski definition) is 2. The Labute approximate surface area is 95.7 Å². The molecule has 3 atom stereocenters. The number of unbranched alkanes of at least 4 members (excludes halogenated alkanes) is 1. The van der Waals surface area contributed by atoms with Crippen LogP contribution in [0.25, 0.3) is 0 Å². The van der Waals surface area contributed by atoms with Crippen LogP contribution in [0.15, 0.2) is 0 Å². The van der Waals surface area contributed by atoms with Crippen LogP contribution in [-0.2, 0) is 9.59 Å². The zero-order valence-corrected chi connectivity index (χ0v) is 9.69. The molecule has 3 unspecified atom stereocenters. The summed E-state index contributed by atoms with van der Waals surface area (Å²) in [4.78, 5) is 22.0. The van der Waals surface area contributed by atoms with Crippen molar-refractivity contribution in [3.8, 4) is 0 Å². The van der Waals surface area contributed by atoms with Gasteiger partial charge in [0, 0.05) is 0 Å². The molecule has 1 aliphatic rings. The van der Waals surface area contributed by atoms with Gasteiger partial charge in [-0.3, -0.25) is 9.59 Å². The summed E-state index contributed by atoms with van der Waals surface area (Å²) in [5, 5.41) is 18.0. The summed E-state index contributed by atoms with van der Waals surface area (Å²) in [6.07, 6.45) is 4.42. The molecule has 1 saturated carbocycles. The molecule has 0 bridgehead atoms. The summed E-state index contributed by atoms with van der Waals surface area (Å²) in [5.74, 6) is -2.15. The molecule has 0 saturated heterocycles. The first-order valence-corrected chi connectivity index (χ1v) is 6.01. The molecule has 1 rings (SSSR count). The van der Waals surface area contributed by atoms with Gasteiger partial charge in [0.15, 0.2) is 0 Å². The Morgan fingerprint density at radius 3 is 2.38 bits per heavy atom. The number of rotatable bonds is 5. The highest BCUT2D eigenvalue weighted by molar-refractivity contribution is 5.73. The molecule has 2 N–H and O–H groups in total. The van der Waals surface area contributed by atoms with E-state index in [2.05, 4.69) is 6.92 Å². The quantitative estimate of drug-likeness (QED) is 0.757. The molecule has 16 heavy (non-hydrogen) atoms. The smallest absolute Gasteiger partial charge is 0.306 e. The van der Waals surface area contributed by atoms with E-state index in [9.17, 15) is 9.59 Å². The fourth-order valence-electron chi connectivity index (χ4n) is 2.60. The maximum Gasteiger partial charge on any atom is 0.306 e. The second-order valence-corrected chi connectivity index (χ2v) is 4.70. The van der Waals surface area contributed by atoms with Gasteiger partial charge >= 0.3 is 11.9 Å². The standard InChI is InChI=1S/C12H20O4/c1-2-3-4-8-7-9(11(13)14)5-6-10(8)12(15)16/h8-10H,2-7H2,1H3,(H,13,14)(H,15,16).